The van der Waals surface area contributed by atoms with Crippen LogP contribution in [0, 0.1) is 5.41 Å². The third-order valence-corrected chi connectivity index (χ3v) is 6.13. The van der Waals surface area contributed by atoms with E-state index in [9.17, 15) is 18.0 Å². The average Bonchev–Trinajstić information content (AvgIpc) is 2.60. The Morgan fingerprint density at radius 1 is 1.38 bits per heavy atom. The van der Waals surface area contributed by atoms with Crippen LogP contribution < -0.4 is 11.1 Å². The van der Waals surface area contributed by atoms with E-state index in [2.05, 4.69) is 5.32 Å². The van der Waals surface area contributed by atoms with E-state index in [1.807, 2.05) is 13.8 Å². The molecule has 1 aromatic carbocycles. The Bertz CT molecular complexity index is 792. The van der Waals surface area contributed by atoms with Gasteiger partial charge in [-0.25, -0.2) is 8.42 Å². The van der Waals surface area contributed by atoms with Crippen molar-refractivity contribution < 1.29 is 18.0 Å². The second kappa shape index (κ2) is 7.73. The number of benzene rings is 1. The molecule has 9 heteroatoms. The lowest BCUT2D eigenvalue weighted by Gasteiger charge is -2.29. The summed E-state index contributed by atoms with van der Waals surface area (Å²) in [5, 5.41) is 2.59. The maximum Gasteiger partial charge on any atom is 0.253 e. The minimum atomic E-state index is -3.83. The number of amides is 2. The van der Waals surface area contributed by atoms with Crippen molar-refractivity contribution in [1.82, 2.24) is 14.5 Å². The molecule has 144 valence electrons. The molecule has 0 unspecified atom stereocenters. The van der Waals surface area contributed by atoms with Crippen molar-refractivity contribution >= 4 is 21.8 Å². The van der Waals surface area contributed by atoms with Gasteiger partial charge < -0.3 is 16.0 Å². The van der Waals surface area contributed by atoms with Gasteiger partial charge in [-0.2, -0.15) is 4.31 Å². The fourth-order valence-corrected chi connectivity index (χ4v) is 4.20. The summed E-state index contributed by atoms with van der Waals surface area (Å²) in [6.45, 7) is 5.05. The zero-order chi connectivity index (χ0) is 19.5. The highest BCUT2D eigenvalue weighted by Crippen LogP contribution is 2.20. The molecule has 0 atom stereocenters. The summed E-state index contributed by atoms with van der Waals surface area (Å²) >= 11 is 0. The van der Waals surface area contributed by atoms with Crippen LogP contribution in [0.5, 0.6) is 0 Å². The number of sulfonamides is 1. The van der Waals surface area contributed by atoms with Gasteiger partial charge in [0.25, 0.3) is 5.91 Å². The maximum atomic E-state index is 12.8. The zero-order valence-corrected chi connectivity index (χ0v) is 16.2. The summed E-state index contributed by atoms with van der Waals surface area (Å²) < 4.78 is 26.6. The molecule has 1 heterocycles. The highest BCUT2D eigenvalue weighted by Gasteiger charge is 2.30. The van der Waals surface area contributed by atoms with Crippen LogP contribution >= 0.6 is 0 Å². The van der Waals surface area contributed by atoms with Gasteiger partial charge in [0.1, 0.15) is 0 Å². The van der Waals surface area contributed by atoms with Crippen molar-refractivity contribution in [1.29, 1.82) is 0 Å². The van der Waals surface area contributed by atoms with Gasteiger partial charge in [0.05, 0.1) is 11.4 Å². The second-order valence-corrected chi connectivity index (χ2v) is 9.18. The predicted molar refractivity (Wildman–Crippen MR) is 98.0 cm³/mol. The third kappa shape index (κ3) is 4.60. The smallest absolute Gasteiger partial charge is 0.253 e. The van der Waals surface area contributed by atoms with Crippen molar-refractivity contribution in [3.05, 3.63) is 29.8 Å². The Labute approximate surface area is 154 Å². The first-order chi connectivity index (χ1) is 12.1. The van der Waals surface area contributed by atoms with Gasteiger partial charge in [-0.05, 0) is 30.2 Å². The molecule has 1 aliphatic heterocycles. The molecule has 2 amide bonds. The number of rotatable bonds is 6. The number of nitrogens with zero attached hydrogens (tertiary/aromatic N) is 2. The number of carbonyl (C=O) groups is 2. The van der Waals surface area contributed by atoms with E-state index >= 15 is 0 Å². The topological polar surface area (TPSA) is 113 Å². The fraction of sp³-hybridized carbons (Fsp3) is 0.529. The first kappa shape index (κ1) is 20.3. The van der Waals surface area contributed by atoms with E-state index < -0.39 is 10.0 Å². The lowest BCUT2D eigenvalue weighted by atomic mass is 9.93. The van der Waals surface area contributed by atoms with Crippen LogP contribution in [-0.4, -0.2) is 69.2 Å². The van der Waals surface area contributed by atoms with Crippen LogP contribution in [0.4, 0.5) is 0 Å². The van der Waals surface area contributed by atoms with Crippen LogP contribution in [-0.2, 0) is 14.8 Å². The Balaban J connectivity index is 2.24. The van der Waals surface area contributed by atoms with E-state index in [1.54, 1.807) is 13.1 Å². The normalized spacial score (nSPS) is 16.2. The molecule has 1 fully saturated rings. The molecule has 1 aliphatic rings. The summed E-state index contributed by atoms with van der Waals surface area (Å²) in [5.74, 6) is -0.615. The largest absolute Gasteiger partial charge is 0.354 e. The first-order valence-corrected chi connectivity index (χ1v) is 9.83. The van der Waals surface area contributed by atoms with Gasteiger partial charge in [0.15, 0.2) is 0 Å². The monoisotopic (exact) mass is 382 g/mol. The lowest BCUT2D eigenvalue weighted by molar-refractivity contribution is -0.122. The van der Waals surface area contributed by atoms with Gasteiger partial charge in [-0.15, -0.1) is 0 Å². The van der Waals surface area contributed by atoms with Gasteiger partial charge >= 0.3 is 0 Å². The van der Waals surface area contributed by atoms with Crippen LogP contribution in [0.2, 0.25) is 0 Å². The number of piperazine rings is 1. The van der Waals surface area contributed by atoms with E-state index in [0.717, 1.165) is 4.31 Å². The summed E-state index contributed by atoms with van der Waals surface area (Å²) in [6.07, 6.45) is 0. The van der Waals surface area contributed by atoms with Crippen LogP contribution in [0.15, 0.2) is 29.2 Å². The second-order valence-electron chi connectivity index (χ2n) is 7.25. The quantitative estimate of drug-likeness (QED) is 0.711. The minimum absolute atomic E-state index is 0.00420. The number of hydrogen-bond acceptors (Lipinski definition) is 5. The van der Waals surface area contributed by atoms with E-state index in [1.165, 1.54) is 23.1 Å². The zero-order valence-electron chi connectivity index (χ0n) is 15.4. The van der Waals surface area contributed by atoms with Crippen molar-refractivity contribution in [2.24, 2.45) is 11.1 Å². The maximum absolute atomic E-state index is 12.8. The fourth-order valence-electron chi connectivity index (χ4n) is 2.76. The van der Waals surface area contributed by atoms with Crippen molar-refractivity contribution in [3.63, 3.8) is 0 Å². The van der Waals surface area contributed by atoms with E-state index in [-0.39, 0.29) is 47.3 Å². The molecular weight excluding hydrogens is 356 g/mol. The van der Waals surface area contributed by atoms with E-state index in [4.69, 9.17) is 5.73 Å². The molecule has 1 aromatic rings. The highest BCUT2D eigenvalue weighted by atomic mass is 32.2. The number of hydrogen-bond donors (Lipinski definition) is 2. The molecule has 3 N–H and O–H groups in total. The van der Waals surface area contributed by atoms with Crippen molar-refractivity contribution in [2.75, 3.05) is 39.8 Å². The molecule has 8 nitrogen and oxygen atoms in total. The molecule has 0 spiro atoms. The third-order valence-electron chi connectivity index (χ3n) is 4.29. The molecule has 0 saturated carbocycles. The Kier molecular flexibility index (Phi) is 6.05. The summed E-state index contributed by atoms with van der Waals surface area (Å²) in [7, 11) is -2.17. The predicted octanol–water partition coefficient (Wildman–Crippen LogP) is -0.136. The average molecular weight is 382 g/mol. The first-order valence-electron chi connectivity index (χ1n) is 8.39. The van der Waals surface area contributed by atoms with Crippen molar-refractivity contribution in [2.45, 2.75) is 18.7 Å². The van der Waals surface area contributed by atoms with Gasteiger partial charge in [-0.3, -0.25) is 9.59 Å². The van der Waals surface area contributed by atoms with Crippen molar-refractivity contribution in [3.8, 4) is 0 Å². The van der Waals surface area contributed by atoms with E-state index in [0.29, 0.717) is 13.1 Å². The standard InChI is InChI=1S/C17H26N4O4S/c1-17(2,11-18)12-20(3)16(23)13-5-4-6-14(9-13)26(24,25)21-8-7-19-15(22)10-21/h4-6,9H,7-8,10-12,18H2,1-3H3,(H,19,22). The highest BCUT2D eigenvalue weighted by molar-refractivity contribution is 7.89. The molecule has 0 bridgehead atoms. The molecule has 1 saturated heterocycles. The molecule has 0 radical (unpaired) electrons. The van der Waals surface area contributed by atoms with Crippen LogP contribution in [0.1, 0.15) is 24.2 Å². The van der Waals surface area contributed by atoms with Crippen LogP contribution in [0.3, 0.4) is 0 Å². The molecule has 2 rings (SSSR count). The Morgan fingerprint density at radius 2 is 2.08 bits per heavy atom. The Morgan fingerprint density at radius 3 is 2.69 bits per heavy atom. The van der Waals surface area contributed by atoms with Gasteiger partial charge in [0, 0.05) is 32.2 Å². The Hall–Kier alpha value is -1.97. The van der Waals surface area contributed by atoms with Gasteiger partial charge in [-0.1, -0.05) is 19.9 Å². The summed E-state index contributed by atoms with van der Waals surface area (Å²) in [4.78, 5) is 25.7. The molecule has 0 aromatic heterocycles. The molecule has 0 aliphatic carbocycles. The lowest BCUT2D eigenvalue weighted by Crippen LogP contribution is -2.49. The number of nitrogens with one attached hydrogen (secondary N) is 1. The number of carbonyl (C=O) groups excluding carboxylic acids is 2. The molecular formula is C17H26N4O4S. The summed E-state index contributed by atoms with van der Waals surface area (Å²) in [5.41, 5.74) is 5.75. The number of nitrogens with two attached hydrogens (primary N) is 1. The SMILES string of the molecule is CN(CC(C)(C)CN)C(=O)c1cccc(S(=O)(=O)N2CCNC(=O)C2)c1. The molecule has 26 heavy (non-hydrogen) atoms. The summed E-state index contributed by atoms with van der Waals surface area (Å²) in [6, 6.07) is 5.90. The van der Waals surface area contributed by atoms with Gasteiger partial charge in [0.2, 0.25) is 15.9 Å². The van der Waals surface area contributed by atoms with Crippen LogP contribution in [0.25, 0.3) is 0 Å². The minimum Gasteiger partial charge on any atom is -0.354 e.